The van der Waals surface area contributed by atoms with E-state index in [1.807, 2.05) is 19.1 Å². The number of imide groups is 1. The molecule has 0 fully saturated rings. The molecule has 3 aromatic rings. The molecule has 1 aliphatic rings. The summed E-state index contributed by atoms with van der Waals surface area (Å²) >= 11 is 0. The molecule has 6 heteroatoms. The molecule has 1 aliphatic heterocycles. The molecule has 0 unspecified atom stereocenters. The number of amides is 2. The molecule has 1 N–H and O–H groups in total. The number of aryl methyl sites for hydroxylation is 1. The number of nitrogens with zero attached hydrogens (tertiary/aromatic N) is 1. The maximum Gasteiger partial charge on any atom is 0.282 e. The Bertz CT molecular complexity index is 1210. The zero-order valence-electron chi connectivity index (χ0n) is 18.8. The molecule has 0 saturated carbocycles. The van der Waals surface area contributed by atoms with Crippen molar-refractivity contribution >= 4 is 28.8 Å². The van der Waals surface area contributed by atoms with Crippen LogP contribution in [0.1, 0.15) is 25.0 Å². The maximum absolute atomic E-state index is 13.8. The van der Waals surface area contributed by atoms with E-state index in [-0.39, 0.29) is 11.3 Å². The van der Waals surface area contributed by atoms with Crippen molar-refractivity contribution in [3.63, 3.8) is 0 Å². The number of anilines is 2. The van der Waals surface area contributed by atoms with Crippen molar-refractivity contribution in [2.75, 3.05) is 16.8 Å². The third-order valence-electron chi connectivity index (χ3n) is 5.20. The van der Waals surface area contributed by atoms with E-state index >= 15 is 0 Å². The molecule has 0 aliphatic carbocycles. The highest BCUT2D eigenvalue weighted by molar-refractivity contribution is 6.46. The summed E-state index contributed by atoms with van der Waals surface area (Å²) in [6.45, 7) is 6.63. The largest absolute Gasteiger partial charge is 0.493 e. The van der Waals surface area contributed by atoms with Gasteiger partial charge >= 0.3 is 0 Å². The zero-order valence-corrected chi connectivity index (χ0v) is 18.8. The maximum atomic E-state index is 13.8. The number of nitrogens with one attached hydrogen (secondary N) is 1. The lowest BCUT2D eigenvalue weighted by Crippen LogP contribution is -2.32. The number of benzene rings is 3. The van der Waals surface area contributed by atoms with E-state index in [0.29, 0.717) is 35.2 Å². The predicted molar refractivity (Wildman–Crippen MR) is 127 cm³/mol. The summed E-state index contributed by atoms with van der Waals surface area (Å²) in [7, 11) is 0. The molecule has 0 bridgehead atoms. The molecule has 168 valence electrons. The molecular formula is C27H25FN2O3. The molecule has 4 rings (SSSR count). The monoisotopic (exact) mass is 444 g/mol. The van der Waals surface area contributed by atoms with E-state index in [4.69, 9.17) is 4.74 Å². The smallest absolute Gasteiger partial charge is 0.282 e. The first-order chi connectivity index (χ1) is 15.8. The first-order valence-corrected chi connectivity index (χ1v) is 10.8. The fraction of sp³-hybridized carbons (Fsp3) is 0.185. The van der Waals surface area contributed by atoms with Crippen LogP contribution in [0.25, 0.3) is 5.57 Å². The SMILES string of the molecule is Cc1ccc(N2C(=O)C(Nc3cccc(F)c3)=C(c3ccc(OCC(C)C)cc3)C2=O)cc1. The second-order valence-electron chi connectivity index (χ2n) is 8.40. The van der Waals surface area contributed by atoms with Gasteiger partial charge in [0, 0.05) is 5.69 Å². The minimum absolute atomic E-state index is 0.0991. The second-order valence-corrected chi connectivity index (χ2v) is 8.40. The lowest BCUT2D eigenvalue weighted by atomic mass is 10.0. The Labute approximate surface area is 192 Å². The summed E-state index contributed by atoms with van der Waals surface area (Å²) in [4.78, 5) is 28.0. The molecular weight excluding hydrogens is 419 g/mol. The van der Waals surface area contributed by atoms with Crippen LogP contribution in [-0.2, 0) is 9.59 Å². The van der Waals surface area contributed by atoms with Gasteiger partial charge in [-0.25, -0.2) is 9.29 Å². The number of carbonyl (C=O) groups is 2. The van der Waals surface area contributed by atoms with Crippen LogP contribution >= 0.6 is 0 Å². The quantitative estimate of drug-likeness (QED) is 0.485. The van der Waals surface area contributed by atoms with Gasteiger partial charge in [-0.3, -0.25) is 9.59 Å². The number of hydrogen-bond acceptors (Lipinski definition) is 4. The topological polar surface area (TPSA) is 58.6 Å². The van der Waals surface area contributed by atoms with Crippen LogP contribution in [0.3, 0.4) is 0 Å². The molecule has 1 heterocycles. The highest BCUT2D eigenvalue weighted by atomic mass is 19.1. The fourth-order valence-electron chi connectivity index (χ4n) is 3.53. The molecule has 0 spiro atoms. The van der Waals surface area contributed by atoms with Gasteiger partial charge in [-0.2, -0.15) is 0 Å². The molecule has 33 heavy (non-hydrogen) atoms. The standard InChI is InChI=1S/C27H25FN2O3/c1-17(2)16-33-23-13-9-19(10-14-23)24-25(29-21-6-4-5-20(28)15-21)27(32)30(26(24)31)22-11-7-18(3)8-12-22/h4-15,17,29H,16H2,1-3H3. The van der Waals surface area contributed by atoms with Crippen LogP contribution in [0, 0.1) is 18.7 Å². The van der Waals surface area contributed by atoms with E-state index in [1.54, 1.807) is 42.5 Å². The van der Waals surface area contributed by atoms with Crippen molar-refractivity contribution in [2.24, 2.45) is 5.92 Å². The Hall–Kier alpha value is -3.93. The van der Waals surface area contributed by atoms with E-state index in [2.05, 4.69) is 19.2 Å². The Morgan fingerprint density at radius 3 is 2.27 bits per heavy atom. The Balaban J connectivity index is 1.74. The van der Waals surface area contributed by atoms with E-state index in [9.17, 15) is 14.0 Å². The third-order valence-corrected chi connectivity index (χ3v) is 5.20. The molecule has 0 radical (unpaired) electrons. The number of ether oxygens (including phenoxy) is 1. The van der Waals surface area contributed by atoms with Crippen LogP contribution in [0.5, 0.6) is 5.75 Å². The van der Waals surface area contributed by atoms with Crippen LogP contribution in [0.15, 0.2) is 78.5 Å². The summed E-state index contributed by atoms with van der Waals surface area (Å²) < 4.78 is 19.5. The van der Waals surface area contributed by atoms with Gasteiger partial charge in [0.15, 0.2) is 0 Å². The Morgan fingerprint density at radius 2 is 1.64 bits per heavy atom. The van der Waals surface area contributed by atoms with Gasteiger partial charge in [-0.15, -0.1) is 0 Å². The van der Waals surface area contributed by atoms with Crippen LogP contribution < -0.4 is 15.0 Å². The van der Waals surface area contributed by atoms with Crippen LogP contribution in [-0.4, -0.2) is 18.4 Å². The number of hydrogen-bond donors (Lipinski definition) is 1. The van der Waals surface area contributed by atoms with Crippen molar-refractivity contribution in [1.82, 2.24) is 0 Å². The Kier molecular flexibility index (Phi) is 6.27. The van der Waals surface area contributed by atoms with Crippen LogP contribution in [0.4, 0.5) is 15.8 Å². The van der Waals surface area contributed by atoms with Gasteiger partial charge in [0.2, 0.25) is 0 Å². The lowest BCUT2D eigenvalue weighted by molar-refractivity contribution is -0.120. The van der Waals surface area contributed by atoms with Gasteiger partial charge in [-0.1, -0.05) is 49.7 Å². The van der Waals surface area contributed by atoms with Gasteiger partial charge in [0.25, 0.3) is 11.8 Å². The van der Waals surface area contributed by atoms with E-state index in [0.717, 1.165) is 10.5 Å². The Morgan fingerprint density at radius 1 is 0.939 bits per heavy atom. The first-order valence-electron chi connectivity index (χ1n) is 10.8. The predicted octanol–water partition coefficient (Wildman–Crippen LogP) is 5.57. The molecule has 0 saturated heterocycles. The average Bonchev–Trinajstić information content (AvgIpc) is 3.03. The van der Waals surface area contributed by atoms with Gasteiger partial charge in [0.1, 0.15) is 17.3 Å². The highest BCUT2D eigenvalue weighted by Crippen LogP contribution is 2.34. The van der Waals surface area contributed by atoms with Crippen molar-refractivity contribution in [1.29, 1.82) is 0 Å². The van der Waals surface area contributed by atoms with E-state index < -0.39 is 17.6 Å². The molecule has 0 atom stereocenters. The minimum Gasteiger partial charge on any atom is -0.493 e. The third kappa shape index (κ3) is 4.80. The summed E-state index contributed by atoms with van der Waals surface area (Å²) in [5.74, 6) is -0.325. The zero-order chi connectivity index (χ0) is 23.5. The normalized spacial score (nSPS) is 13.8. The van der Waals surface area contributed by atoms with Crippen LogP contribution in [0.2, 0.25) is 0 Å². The molecule has 5 nitrogen and oxygen atoms in total. The summed E-state index contributed by atoms with van der Waals surface area (Å²) in [5, 5.41) is 2.97. The van der Waals surface area contributed by atoms with Crippen molar-refractivity contribution in [3.8, 4) is 5.75 Å². The molecule has 0 aromatic heterocycles. The van der Waals surface area contributed by atoms with Gasteiger partial charge in [0.05, 0.1) is 17.9 Å². The summed E-state index contributed by atoms with van der Waals surface area (Å²) in [6.07, 6.45) is 0. The van der Waals surface area contributed by atoms with Crippen molar-refractivity contribution in [2.45, 2.75) is 20.8 Å². The second kappa shape index (κ2) is 9.28. The summed E-state index contributed by atoms with van der Waals surface area (Å²) in [6, 6.07) is 20.0. The van der Waals surface area contributed by atoms with Crippen molar-refractivity contribution in [3.05, 3.63) is 95.4 Å². The first kappa shape index (κ1) is 22.3. The fourth-order valence-corrected chi connectivity index (χ4v) is 3.53. The average molecular weight is 445 g/mol. The van der Waals surface area contributed by atoms with Gasteiger partial charge in [-0.05, 0) is 60.9 Å². The number of rotatable bonds is 7. The van der Waals surface area contributed by atoms with Gasteiger partial charge < -0.3 is 10.1 Å². The van der Waals surface area contributed by atoms with Crippen molar-refractivity contribution < 1.29 is 18.7 Å². The number of carbonyl (C=O) groups excluding carboxylic acids is 2. The van der Waals surface area contributed by atoms with E-state index in [1.165, 1.54) is 18.2 Å². The molecule has 3 aromatic carbocycles. The number of halogens is 1. The summed E-state index contributed by atoms with van der Waals surface area (Å²) in [5.41, 5.74) is 2.76. The lowest BCUT2D eigenvalue weighted by Gasteiger charge is -2.15. The minimum atomic E-state index is -0.497. The molecule has 2 amide bonds. The highest BCUT2D eigenvalue weighted by Gasteiger charge is 2.40.